The van der Waals surface area contributed by atoms with Gasteiger partial charge < -0.3 is 4.90 Å². The van der Waals surface area contributed by atoms with Crippen LogP contribution in [0, 0.1) is 0 Å². The van der Waals surface area contributed by atoms with Crippen molar-refractivity contribution in [3.8, 4) is 0 Å². The third-order valence-corrected chi connectivity index (χ3v) is 4.66. The number of halogens is 2. The van der Waals surface area contributed by atoms with Crippen LogP contribution < -0.4 is 0 Å². The van der Waals surface area contributed by atoms with Crippen LogP contribution in [0.2, 0.25) is 10.0 Å². The van der Waals surface area contributed by atoms with Crippen LogP contribution in [0.4, 0.5) is 0 Å². The molecule has 1 aromatic carbocycles. The van der Waals surface area contributed by atoms with E-state index in [1.54, 1.807) is 17.8 Å². The van der Waals surface area contributed by atoms with E-state index in [0.717, 1.165) is 37.2 Å². The van der Waals surface area contributed by atoms with Crippen molar-refractivity contribution < 1.29 is 4.79 Å². The number of hydrogen-bond donors (Lipinski definition) is 0. The van der Waals surface area contributed by atoms with E-state index in [9.17, 15) is 4.79 Å². The highest BCUT2D eigenvalue weighted by Gasteiger charge is 2.17. The van der Waals surface area contributed by atoms with Crippen LogP contribution in [0.1, 0.15) is 18.4 Å². The van der Waals surface area contributed by atoms with Gasteiger partial charge in [0, 0.05) is 18.8 Å². The monoisotopic (exact) mass is 303 g/mol. The summed E-state index contributed by atoms with van der Waals surface area (Å²) < 4.78 is 0. The molecular formula is C13H15Cl2NOS. The fourth-order valence-corrected chi connectivity index (χ4v) is 3.14. The maximum Gasteiger partial charge on any atom is 0.232 e. The number of thioether (sulfide) groups is 1. The first-order chi connectivity index (χ1) is 8.66. The molecule has 0 radical (unpaired) electrons. The summed E-state index contributed by atoms with van der Waals surface area (Å²) in [5.41, 5.74) is 1.10. The van der Waals surface area contributed by atoms with Crippen molar-refractivity contribution >= 4 is 40.9 Å². The van der Waals surface area contributed by atoms with Crippen LogP contribution in [0.5, 0.6) is 0 Å². The van der Waals surface area contributed by atoms with Gasteiger partial charge in [-0.1, -0.05) is 29.3 Å². The standard InChI is InChI=1S/C13H15Cl2NOS/c14-11-4-3-10(7-12(11)15)8-18-9-13(17)16-5-1-2-6-16/h3-4,7H,1-2,5-6,8-9H2. The van der Waals surface area contributed by atoms with Gasteiger partial charge in [0.1, 0.15) is 0 Å². The van der Waals surface area contributed by atoms with Crippen LogP contribution in [-0.4, -0.2) is 29.6 Å². The Morgan fingerprint density at radius 1 is 1.22 bits per heavy atom. The average Bonchev–Trinajstić information content (AvgIpc) is 2.87. The van der Waals surface area contributed by atoms with Crippen molar-refractivity contribution in [3.63, 3.8) is 0 Å². The molecule has 18 heavy (non-hydrogen) atoms. The molecule has 1 aliphatic rings. The van der Waals surface area contributed by atoms with E-state index < -0.39 is 0 Å². The molecule has 1 aromatic rings. The molecule has 1 saturated heterocycles. The van der Waals surface area contributed by atoms with Gasteiger partial charge in [0.15, 0.2) is 0 Å². The lowest BCUT2D eigenvalue weighted by molar-refractivity contribution is -0.127. The molecule has 1 aliphatic heterocycles. The van der Waals surface area contributed by atoms with E-state index in [-0.39, 0.29) is 5.91 Å². The first-order valence-electron chi connectivity index (χ1n) is 5.96. The highest BCUT2D eigenvalue weighted by molar-refractivity contribution is 7.99. The van der Waals surface area contributed by atoms with E-state index in [1.165, 1.54) is 0 Å². The molecule has 0 aliphatic carbocycles. The first kappa shape index (κ1) is 14.0. The SMILES string of the molecule is O=C(CSCc1ccc(Cl)c(Cl)c1)N1CCCC1. The lowest BCUT2D eigenvalue weighted by atomic mass is 10.2. The van der Waals surface area contributed by atoms with Crippen molar-refractivity contribution in [1.29, 1.82) is 0 Å². The zero-order chi connectivity index (χ0) is 13.0. The summed E-state index contributed by atoms with van der Waals surface area (Å²) in [5, 5.41) is 1.14. The molecule has 1 amide bonds. The Morgan fingerprint density at radius 3 is 2.61 bits per heavy atom. The van der Waals surface area contributed by atoms with Gasteiger partial charge in [-0.15, -0.1) is 11.8 Å². The molecule has 1 fully saturated rings. The normalized spacial score (nSPS) is 15.1. The summed E-state index contributed by atoms with van der Waals surface area (Å²) in [7, 11) is 0. The van der Waals surface area contributed by atoms with Crippen LogP contribution >= 0.6 is 35.0 Å². The molecule has 0 bridgehead atoms. The minimum atomic E-state index is 0.248. The van der Waals surface area contributed by atoms with Gasteiger partial charge in [-0.25, -0.2) is 0 Å². The minimum absolute atomic E-state index is 0.248. The third-order valence-electron chi connectivity index (χ3n) is 2.94. The van der Waals surface area contributed by atoms with E-state index >= 15 is 0 Å². The molecule has 2 rings (SSSR count). The van der Waals surface area contributed by atoms with Crippen LogP contribution in [0.15, 0.2) is 18.2 Å². The van der Waals surface area contributed by atoms with E-state index in [2.05, 4.69) is 0 Å². The highest BCUT2D eigenvalue weighted by atomic mass is 35.5. The summed E-state index contributed by atoms with van der Waals surface area (Å²) >= 11 is 13.4. The number of benzene rings is 1. The van der Waals surface area contributed by atoms with Crippen LogP contribution in [-0.2, 0) is 10.5 Å². The Balaban J connectivity index is 1.77. The van der Waals surface area contributed by atoms with Crippen molar-refractivity contribution in [2.75, 3.05) is 18.8 Å². The van der Waals surface area contributed by atoms with Crippen LogP contribution in [0.25, 0.3) is 0 Å². The summed E-state index contributed by atoms with van der Waals surface area (Å²) in [5.74, 6) is 1.58. The molecule has 2 nitrogen and oxygen atoms in total. The van der Waals surface area contributed by atoms with Gasteiger partial charge in [-0.05, 0) is 30.5 Å². The number of carbonyl (C=O) groups excluding carboxylic acids is 1. The van der Waals surface area contributed by atoms with E-state index in [4.69, 9.17) is 23.2 Å². The topological polar surface area (TPSA) is 20.3 Å². The first-order valence-corrected chi connectivity index (χ1v) is 7.87. The molecule has 0 unspecified atom stereocenters. The lowest BCUT2D eigenvalue weighted by Gasteiger charge is -2.14. The molecule has 0 N–H and O–H groups in total. The van der Waals surface area contributed by atoms with Crippen molar-refractivity contribution in [2.45, 2.75) is 18.6 Å². The van der Waals surface area contributed by atoms with Gasteiger partial charge >= 0.3 is 0 Å². The van der Waals surface area contributed by atoms with Crippen molar-refractivity contribution in [3.05, 3.63) is 33.8 Å². The molecular weight excluding hydrogens is 289 g/mol. The molecule has 0 atom stereocenters. The molecule has 5 heteroatoms. The smallest absolute Gasteiger partial charge is 0.232 e. The third kappa shape index (κ3) is 3.81. The Bertz CT molecular complexity index is 433. The van der Waals surface area contributed by atoms with E-state index in [1.807, 2.05) is 17.0 Å². The molecule has 0 spiro atoms. The molecule has 0 aromatic heterocycles. The zero-order valence-corrected chi connectivity index (χ0v) is 12.3. The van der Waals surface area contributed by atoms with Crippen molar-refractivity contribution in [1.82, 2.24) is 4.90 Å². The number of hydrogen-bond acceptors (Lipinski definition) is 2. The average molecular weight is 304 g/mol. The minimum Gasteiger partial charge on any atom is -0.342 e. The van der Waals surface area contributed by atoms with Gasteiger partial charge in [0.25, 0.3) is 0 Å². The van der Waals surface area contributed by atoms with Gasteiger partial charge in [0.2, 0.25) is 5.91 Å². The number of likely N-dealkylation sites (tertiary alicyclic amines) is 1. The Labute approximate surface area is 122 Å². The maximum atomic E-state index is 11.8. The van der Waals surface area contributed by atoms with Crippen LogP contribution in [0.3, 0.4) is 0 Å². The maximum absolute atomic E-state index is 11.8. The Hall–Kier alpha value is -0.380. The van der Waals surface area contributed by atoms with Gasteiger partial charge in [-0.3, -0.25) is 4.79 Å². The highest BCUT2D eigenvalue weighted by Crippen LogP contribution is 2.24. The predicted molar refractivity (Wildman–Crippen MR) is 78.4 cm³/mol. The van der Waals surface area contributed by atoms with E-state index in [0.29, 0.717) is 15.8 Å². The zero-order valence-electron chi connectivity index (χ0n) is 9.99. The molecule has 1 heterocycles. The van der Waals surface area contributed by atoms with Crippen molar-refractivity contribution in [2.24, 2.45) is 0 Å². The second-order valence-corrected chi connectivity index (χ2v) is 6.13. The second-order valence-electron chi connectivity index (χ2n) is 4.33. The summed E-state index contributed by atoms with van der Waals surface area (Å²) in [6.07, 6.45) is 2.28. The van der Waals surface area contributed by atoms with Gasteiger partial charge in [0.05, 0.1) is 15.8 Å². The molecule has 98 valence electrons. The summed E-state index contributed by atoms with van der Waals surface area (Å²) in [6, 6.07) is 5.60. The lowest BCUT2D eigenvalue weighted by Crippen LogP contribution is -2.29. The summed E-state index contributed by atoms with van der Waals surface area (Å²) in [4.78, 5) is 13.8. The van der Waals surface area contributed by atoms with Gasteiger partial charge in [-0.2, -0.15) is 0 Å². The quantitative estimate of drug-likeness (QED) is 0.842. The fraction of sp³-hybridized carbons (Fsp3) is 0.462. The number of rotatable bonds is 4. The second kappa shape index (κ2) is 6.69. The number of nitrogens with zero attached hydrogens (tertiary/aromatic N) is 1. The molecule has 0 saturated carbocycles. The Morgan fingerprint density at radius 2 is 1.94 bits per heavy atom. The predicted octanol–water partition coefficient (Wildman–Crippen LogP) is 3.85. The Kier molecular flexibility index (Phi) is 5.22. The summed E-state index contributed by atoms with van der Waals surface area (Å²) in [6.45, 7) is 1.85. The number of amides is 1. The number of carbonyl (C=O) groups is 1. The largest absolute Gasteiger partial charge is 0.342 e. The fourth-order valence-electron chi connectivity index (χ4n) is 1.94.